The SMILES string of the molecule is N#CC[C@H]1CN(c2c(C#N)c(O)nc3c(F)c(-c4ccc(F)c5sc(N)nc45)c(Cl)cc23)CCN1. The molecule has 4 N–H and O–H groups in total. The molecule has 35 heavy (non-hydrogen) atoms. The van der Waals surface area contributed by atoms with Crippen molar-refractivity contribution in [3.8, 4) is 29.1 Å². The maximum absolute atomic E-state index is 16.0. The maximum Gasteiger partial charge on any atom is 0.232 e. The van der Waals surface area contributed by atoms with Gasteiger partial charge in [0.15, 0.2) is 10.9 Å². The fraction of sp³-hybridized carbons (Fsp3) is 0.217. The van der Waals surface area contributed by atoms with Crippen molar-refractivity contribution in [1.82, 2.24) is 15.3 Å². The number of aromatic nitrogens is 2. The largest absolute Gasteiger partial charge is 0.492 e. The molecule has 0 saturated carbocycles. The number of pyridine rings is 1. The van der Waals surface area contributed by atoms with Gasteiger partial charge in [0.25, 0.3) is 0 Å². The van der Waals surface area contributed by atoms with Crippen LogP contribution in [0.4, 0.5) is 19.6 Å². The van der Waals surface area contributed by atoms with Gasteiger partial charge < -0.3 is 21.1 Å². The number of halogens is 3. The third-order valence-corrected chi connectivity index (χ3v) is 7.12. The zero-order chi connectivity index (χ0) is 24.9. The molecule has 1 aliphatic rings. The number of anilines is 2. The Hall–Kier alpha value is -3.77. The lowest BCUT2D eigenvalue weighted by Crippen LogP contribution is -2.50. The highest BCUT2D eigenvalue weighted by atomic mass is 35.5. The van der Waals surface area contributed by atoms with E-state index in [9.17, 15) is 14.8 Å². The molecule has 0 spiro atoms. The monoisotopic (exact) mass is 511 g/mol. The Balaban J connectivity index is 1.77. The molecular weight excluding hydrogens is 496 g/mol. The lowest BCUT2D eigenvalue weighted by atomic mass is 9.98. The Morgan fingerprint density at radius 2 is 2.09 bits per heavy atom. The van der Waals surface area contributed by atoms with Crippen molar-refractivity contribution in [2.24, 2.45) is 0 Å². The van der Waals surface area contributed by atoms with E-state index in [4.69, 9.17) is 22.6 Å². The second-order valence-corrected chi connectivity index (χ2v) is 9.44. The molecule has 4 aromatic rings. The van der Waals surface area contributed by atoms with Gasteiger partial charge >= 0.3 is 0 Å². The average Bonchev–Trinajstić information content (AvgIpc) is 3.23. The number of nitrogens with zero attached hydrogens (tertiary/aromatic N) is 5. The minimum Gasteiger partial charge on any atom is -0.492 e. The van der Waals surface area contributed by atoms with Crippen LogP contribution in [0.3, 0.4) is 0 Å². The molecule has 2 aromatic heterocycles. The highest BCUT2D eigenvalue weighted by Crippen LogP contribution is 2.44. The second kappa shape index (κ2) is 8.78. The summed E-state index contributed by atoms with van der Waals surface area (Å²) in [5.41, 5.74) is 6.05. The standard InChI is InChI=1S/C23H16ClF2N7OS/c24-14-7-12-18(17(26)16(14)11-1-2-15(25)21-19(11)32-23(29)35-21)31-22(34)13(8-28)20(12)33-6-5-30-10(9-33)3-4-27/h1-2,7,10,30H,3,5-6,9H2,(H2,29,32)(H,31,34)/t10-/m0/s1. The van der Waals surface area contributed by atoms with Crippen molar-refractivity contribution in [1.29, 1.82) is 10.5 Å². The molecule has 1 fully saturated rings. The molecule has 0 unspecified atom stereocenters. The van der Waals surface area contributed by atoms with Gasteiger partial charge in [-0.3, -0.25) is 0 Å². The summed E-state index contributed by atoms with van der Waals surface area (Å²) in [5.74, 6) is -2.02. The van der Waals surface area contributed by atoms with E-state index in [-0.39, 0.29) is 66.1 Å². The van der Waals surface area contributed by atoms with Crippen LogP contribution in [0, 0.1) is 34.3 Å². The first kappa shape index (κ1) is 23.0. The Bertz CT molecular complexity index is 1590. The van der Waals surface area contributed by atoms with Gasteiger partial charge in [-0.15, -0.1) is 0 Å². The first-order valence-electron chi connectivity index (χ1n) is 10.5. The van der Waals surface area contributed by atoms with Crippen molar-refractivity contribution in [2.45, 2.75) is 12.5 Å². The smallest absolute Gasteiger partial charge is 0.232 e. The van der Waals surface area contributed by atoms with Crippen LogP contribution in [0.15, 0.2) is 18.2 Å². The van der Waals surface area contributed by atoms with Gasteiger partial charge in [-0.1, -0.05) is 22.9 Å². The molecule has 1 aliphatic heterocycles. The van der Waals surface area contributed by atoms with Crippen molar-refractivity contribution in [2.75, 3.05) is 30.3 Å². The number of aromatic hydroxyl groups is 1. The quantitative estimate of drug-likeness (QED) is 0.370. The normalized spacial score (nSPS) is 15.9. The van der Waals surface area contributed by atoms with Gasteiger partial charge in [0, 0.05) is 42.2 Å². The van der Waals surface area contributed by atoms with Gasteiger partial charge in [-0.25, -0.2) is 18.7 Å². The van der Waals surface area contributed by atoms with Crippen LogP contribution in [-0.2, 0) is 0 Å². The average molecular weight is 512 g/mol. The van der Waals surface area contributed by atoms with E-state index in [2.05, 4.69) is 21.4 Å². The summed E-state index contributed by atoms with van der Waals surface area (Å²) in [6.07, 6.45) is 0.240. The van der Waals surface area contributed by atoms with Crippen LogP contribution >= 0.6 is 22.9 Å². The summed E-state index contributed by atoms with van der Waals surface area (Å²) in [5, 5.41) is 33.0. The van der Waals surface area contributed by atoms with Crippen LogP contribution in [0.2, 0.25) is 5.02 Å². The Kier molecular flexibility index (Phi) is 5.77. The summed E-state index contributed by atoms with van der Waals surface area (Å²) in [4.78, 5) is 9.94. The maximum atomic E-state index is 16.0. The van der Waals surface area contributed by atoms with Crippen molar-refractivity contribution in [3.63, 3.8) is 0 Å². The number of fused-ring (bicyclic) bond motifs is 2. The minimum absolute atomic E-state index is 0.00387. The van der Waals surface area contributed by atoms with E-state index in [1.165, 1.54) is 18.2 Å². The van der Waals surface area contributed by atoms with Gasteiger partial charge in [-0.05, 0) is 18.2 Å². The van der Waals surface area contributed by atoms with Gasteiger partial charge in [-0.2, -0.15) is 10.5 Å². The predicted octanol–water partition coefficient (Wildman–Crippen LogP) is 4.29. The number of nitriles is 2. The third kappa shape index (κ3) is 3.74. The highest BCUT2D eigenvalue weighted by molar-refractivity contribution is 7.22. The minimum atomic E-state index is -0.850. The van der Waals surface area contributed by atoms with Crippen LogP contribution in [0.1, 0.15) is 12.0 Å². The number of nitrogens with one attached hydrogen (secondary N) is 1. The topological polar surface area (TPSA) is 135 Å². The molecular formula is C23H16ClF2N7OS. The summed E-state index contributed by atoms with van der Waals surface area (Å²) in [6.45, 7) is 1.33. The number of piperazine rings is 1. The fourth-order valence-corrected chi connectivity index (χ4v) is 5.51. The number of benzene rings is 2. The van der Waals surface area contributed by atoms with Gasteiger partial charge in [0.1, 0.15) is 23.0 Å². The number of rotatable bonds is 3. The van der Waals surface area contributed by atoms with E-state index in [0.717, 1.165) is 11.3 Å². The third-order valence-electron chi connectivity index (χ3n) is 5.93. The lowest BCUT2D eigenvalue weighted by Gasteiger charge is -2.35. The number of thiazole rings is 1. The molecule has 0 amide bonds. The summed E-state index contributed by atoms with van der Waals surface area (Å²) < 4.78 is 30.5. The van der Waals surface area contributed by atoms with Gasteiger partial charge in [0.05, 0.1) is 33.4 Å². The van der Waals surface area contributed by atoms with Crippen LogP contribution in [0.25, 0.3) is 32.2 Å². The molecule has 3 heterocycles. The molecule has 0 radical (unpaired) electrons. The second-order valence-electron chi connectivity index (χ2n) is 8.00. The molecule has 1 saturated heterocycles. The van der Waals surface area contributed by atoms with Crippen molar-refractivity contribution >= 4 is 54.9 Å². The molecule has 12 heteroatoms. The fourth-order valence-electron chi connectivity index (χ4n) is 4.45. The number of hydrogen-bond acceptors (Lipinski definition) is 9. The first-order chi connectivity index (χ1) is 16.8. The predicted molar refractivity (Wildman–Crippen MR) is 130 cm³/mol. The van der Waals surface area contributed by atoms with Crippen LogP contribution in [0.5, 0.6) is 5.88 Å². The van der Waals surface area contributed by atoms with E-state index in [0.29, 0.717) is 19.6 Å². The zero-order valence-electron chi connectivity index (χ0n) is 17.9. The summed E-state index contributed by atoms with van der Waals surface area (Å²) in [7, 11) is 0. The Morgan fingerprint density at radius 1 is 1.29 bits per heavy atom. The molecule has 0 bridgehead atoms. The highest BCUT2D eigenvalue weighted by Gasteiger charge is 2.29. The molecule has 0 aliphatic carbocycles. The molecule has 176 valence electrons. The van der Waals surface area contributed by atoms with Crippen LogP contribution < -0.4 is 16.0 Å². The number of hydrogen-bond donors (Lipinski definition) is 3. The van der Waals surface area contributed by atoms with E-state index in [1.54, 1.807) is 0 Å². The molecule has 1 atom stereocenters. The molecule has 8 nitrogen and oxygen atoms in total. The summed E-state index contributed by atoms with van der Waals surface area (Å²) in [6, 6.07) is 7.91. The summed E-state index contributed by atoms with van der Waals surface area (Å²) >= 11 is 7.51. The molecule has 2 aromatic carbocycles. The zero-order valence-corrected chi connectivity index (χ0v) is 19.5. The van der Waals surface area contributed by atoms with Gasteiger partial charge in [0.2, 0.25) is 5.88 Å². The lowest BCUT2D eigenvalue weighted by molar-refractivity contribution is 0.448. The first-order valence-corrected chi connectivity index (χ1v) is 11.7. The number of nitrogens with two attached hydrogens (primary N) is 1. The molecule has 5 rings (SSSR count). The Labute approximate surface area is 206 Å². The van der Waals surface area contributed by atoms with E-state index >= 15 is 4.39 Å². The number of nitrogen functional groups attached to an aromatic ring is 1. The van der Waals surface area contributed by atoms with Crippen molar-refractivity contribution < 1.29 is 13.9 Å². The van der Waals surface area contributed by atoms with Crippen LogP contribution in [-0.4, -0.2) is 40.8 Å². The Morgan fingerprint density at radius 3 is 2.83 bits per heavy atom. The van der Waals surface area contributed by atoms with E-state index < -0.39 is 17.5 Å². The van der Waals surface area contributed by atoms with Crippen molar-refractivity contribution in [3.05, 3.63) is 40.4 Å². The van der Waals surface area contributed by atoms with E-state index in [1.807, 2.05) is 11.0 Å².